The lowest BCUT2D eigenvalue weighted by atomic mass is 10.0. The molecule has 0 aromatic rings. The van der Waals surface area contributed by atoms with Crippen molar-refractivity contribution in [1.82, 2.24) is 10.0 Å². The Labute approximate surface area is 115 Å². The summed E-state index contributed by atoms with van der Waals surface area (Å²) in [6.45, 7) is 2.54. The van der Waals surface area contributed by atoms with Crippen LogP contribution < -0.4 is 10.0 Å². The van der Waals surface area contributed by atoms with Crippen molar-refractivity contribution in [1.29, 1.82) is 0 Å². The molecule has 0 amide bonds. The minimum absolute atomic E-state index is 0.00838. The standard InChI is InChI=1S/C13H24N2O3S/c16-19(17,9-10-2-1-6-14-8-10)15-12-5-7-18-13(12)11-3-4-11/h10-15H,1-9H2. The second-order valence-electron chi connectivity index (χ2n) is 6.18. The lowest BCUT2D eigenvalue weighted by molar-refractivity contribution is 0.0847. The third kappa shape index (κ3) is 3.68. The maximum absolute atomic E-state index is 12.2. The highest BCUT2D eigenvalue weighted by Gasteiger charge is 2.42. The molecule has 2 heterocycles. The third-order valence-corrected chi connectivity index (χ3v) is 5.98. The normalized spacial score (nSPS) is 36.5. The number of rotatable bonds is 5. The Morgan fingerprint density at radius 2 is 2.05 bits per heavy atom. The van der Waals surface area contributed by atoms with E-state index in [2.05, 4.69) is 10.0 Å². The molecule has 0 spiro atoms. The molecule has 2 aliphatic heterocycles. The highest BCUT2D eigenvalue weighted by molar-refractivity contribution is 7.89. The molecule has 6 heteroatoms. The summed E-state index contributed by atoms with van der Waals surface area (Å²) in [6, 6.07) is 0.00838. The van der Waals surface area contributed by atoms with Crippen LogP contribution in [0.1, 0.15) is 32.1 Å². The van der Waals surface area contributed by atoms with E-state index in [1.807, 2.05) is 0 Å². The van der Waals surface area contributed by atoms with Gasteiger partial charge in [-0.05, 0) is 57.0 Å². The van der Waals surface area contributed by atoms with Gasteiger partial charge in [-0.3, -0.25) is 0 Å². The molecule has 1 saturated carbocycles. The van der Waals surface area contributed by atoms with E-state index in [1.54, 1.807) is 0 Å². The number of hydrogen-bond acceptors (Lipinski definition) is 4. The Balaban J connectivity index is 1.54. The second kappa shape index (κ2) is 5.68. The fourth-order valence-electron chi connectivity index (χ4n) is 3.28. The average Bonchev–Trinajstić information content (AvgIpc) is 3.11. The first-order valence-electron chi connectivity index (χ1n) is 7.46. The number of ether oxygens (including phenoxy) is 1. The van der Waals surface area contributed by atoms with Gasteiger partial charge in [0.05, 0.1) is 17.9 Å². The van der Waals surface area contributed by atoms with Gasteiger partial charge in [0.15, 0.2) is 0 Å². The summed E-state index contributed by atoms with van der Waals surface area (Å²) in [5.74, 6) is 1.10. The molecular formula is C13H24N2O3S. The molecule has 0 aromatic heterocycles. The molecule has 1 aliphatic carbocycles. The molecule has 5 nitrogen and oxygen atoms in total. The lowest BCUT2D eigenvalue weighted by Gasteiger charge is -2.24. The van der Waals surface area contributed by atoms with Crippen LogP contribution in [0.15, 0.2) is 0 Å². The average molecular weight is 288 g/mol. The lowest BCUT2D eigenvalue weighted by Crippen LogP contribution is -2.45. The number of sulfonamides is 1. The zero-order chi connectivity index (χ0) is 13.3. The Hall–Kier alpha value is -0.170. The molecule has 19 heavy (non-hydrogen) atoms. The van der Waals surface area contributed by atoms with Crippen LogP contribution in [0.4, 0.5) is 0 Å². The van der Waals surface area contributed by atoms with Gasteiger partial charge in [-0.15, -0.1) is 0 Å². The Kier molecular flexibility index (Phi) is 4.12. The van der Waals surface area contributed by atoms with E-state index in [9.17, 15) is 8.42 Å². The van der Waals surface area contributed by atoms with Gasteiger partial charge < -0.3 is 10.1 Å². The minimum Gasteiger partial charge on any atom is -0.376 e. The van der Waals surface area contributed by atoms with Crippen LogP contribution in [0.3, 0.4) is 0 Å². The largest absolute Gasteiger partial charge is 0.376 e. The second-order valence-corrected chi connectivity index (χ2v) is 7.98. The predicted molar refractivity (Wildman–Crippen MR) is 73.4 cm³/mol. The van der Waals surface area contributed by atoms with Crippen LogP contribution in [0, 0.1) is 11.8 Å². The van der Waals surface area contributed by atoms with Crippen molar-refractivity contribution in [3.63, 3.8) is 0 Å². The minimum atomic E-state index is -3.17. The zero-order valence-electron chi connectivity index (χ0n) is 11.3. The molecule has 0 radical (unpaired) electrons. The predicted octanol–water partition coefficient (Wildman–Crippen LogP) is 0.473. The quantitative estimate of drug-likeness (QED) is 0.772. The van der Waals surface area contributed by atoms with Crippen molar-refractivity contribution in [2.45, 2.75) is 44.2 Å². The van der Waals surface area contributed by atoms with Crippen molar-refractivity contribution in [3.05, 3.63) is 0 Å². The molecule has 3 atom stereocenters. The number of hydrogen-bond donors (Lipinski definition) is 2. The van der Waals surface area contributed by atoms with E-state index in [4.69, 9.17) is 4.74 Å². The monoisotopic (exact) mass is 288 g/mol. The van der Waals surface area contributed by atoms with E-state index in [1.165, 1.54) is 12.8 Å². The van der Waals surface area contributed by atoms with Crippen molar-refractivity contribution in [2.75, 3.05) is 25.4 Å². The zero-order valence-corrected chi connectivity index (χ0v) is 12.1. The van der Waals surface area contributed by atoms with Gasteiger partial charge in [-0.25, -0.2) is 13.1 Å². The fraction of sp³-hybridized carbons (Fsp3) is 1.00. The highest BCUT2D eigenvalue weighted by Crippen LogP contribution is 2.38. The molecule has 0 aromatic carbocycles. The van der Waals surface area contributed by atoms with E-state index in [0.717, 1.165) is 32.4 Å². The van der Waals surface area contributed by atoms with E-state index < -0.39 is 10.0 Å². The summed E-state index contributed by atoms with van der Waals surface area (Å²) in [5.41, 5.74) is 0. The van der Waals surface area contributed by atoms with E-state index >= 15 is 0 Å². The summed E-state index contributed by atoms with van der Waals surface area (Å²) in [6.07, 6.45) is 5.42. The maximum atomic E-state index is 12.2. The summed E-state index contributed by atoms with van der Waals surface area (Å²) < 4.78 is 33.1. The Bertz CT molecular complexity index is 402. The molecule has 3 rings (SSSR count). The highest BCUT2D eigenvalue weighted by atomic mass is 32.2. The summed E-state index contributed by atoms with van der Waals surface area (Å²) in [4.78, 5) is 0. The van der Waals surface area contributed by atoms with Crippen molar-refractivity contribution >= 4 is 10.0 Å². The Morgan fingerprint density at radius 1 is 1.21 bits per heavy atom. The first kappa shape index (κ1) is 13.8. The molecule has 3 fully saturated rings. The van der Waals surface area contributed by atoms with Crippen LogP contribution in [0.5, 0.6) is 0 Å². The van der Waals surface area contributed by atoms with Gasteiger partial charge in [-0.2, -0.15) is 0 Å². The smallest absolute Gasteiger partial charge is 0.212 e. The first-order chi connectivity index (χ1) is 9.14. The molecule has 2 saturated heterocycles. The van der Waals surface area contributed by atoms with Crippen molar-refractivity contribution in [2.24, 2.45) is 11.8 Å². The van der Waals surface area contributed by atoms with Crippen LogP contribution in [0.2, 0.25) is 0 Å². The summed E-state index contributed by atoms with van der Waals surface area (Å²) in [5, 5.41) is 3.27. The molecule has 3 unspecified atom stereocenters. The SMILES string of the molecule is O=S(=O)(CC1CCCNC1)NC1CCOC1C1CC1. The number of piperidine rings is 1. The van der Waals surface area contributed by atoms with Crippen LogP contribution in [0.25, 0.3) is 0 Å². The van der Waals surface area contributed by atoms with Gasteiger partial charge in [-0.1, -0.05) is 0 Å². The van der Waals surface area contributed by atoms with E-state index in [-0.39, 0.29) is 23.8 Å². The molecule has 3 aliphatic rings. The molecule has 110 valence electrons. The summed E-state index contributed by atoms with van der Waals surface area (Å²) >= 11 is 0. The first-order valence-corrected chi connectivity index (χ1v) is 9.11. The maximum Gasteiger partial charge on any atom is 0.212 e. The molecule has 0 bridgehead atoms. The number of nitrogens with one attached hydrogen (secondary N) is 2. The van der Waals surface area contributed by atoms with E-state index in [0.29, 0.717) is 12.5 Å². The van der Waals surface area contributed by atoms with Crippen molar-refractivity contribution < 1.29 is 13.2 Å². The van der Waals surface area contributed by atoms with Crippen LogP contribution in [-0.4, -0.2) is 46.0 Å². The van der Waals surface area contributed by atoms with Gasteiger partial charge in [0.1, 0.15) is 0 Å². The Morgan fingerprint density at radius 3 is 2.74 bits per heavy atom. The third-order valence-electron chi connectivity index (χ3n) is 4.41. The van der Waals surface area contributed by atoms with Gasteiger partial charge in [0, 0.05) is 6.61 Å². The molecule has 2 N–H and O–H groups in total. The molecular weight excluding hydrogens is 264 g/mol. The van der Waals surface area contributed by atoms with Gasteiger partial charge in [0.25, 0.3) is 0 Å². The van der Waals surface area contributed by atoms with Crippen LogP contribution >= 0.6 is 0 Å². The van der Waals surface area contributed by atoms with Gasteiger partial charge >= 0.3 is 0 Å². The van der Waals surface area contributed by atoms with Crippen molar-refractivity contribution in [3.8, 4) is 0 Å². The topological polar surface area (TPSA) is 67.4 Å². The summed E-state index contributed by atoms with van der Waals surface area (Å²) in [7, 11) is -3.17. The van der Waals surface area contributed by atoms with Crippen LogP contribution in [-0.2, 0) is 14.8 Å². The van der Waals surface area contributed by atoms with Gasteiger partial charge in [0.2, 0.25) is 10.0 Å². The fourth-order valence-corrected chi connectivity index (χ4v) is 5.00.